The first-order valence-electron chi connectivity index (χ1n) is 10.6. The summed E-state index contributed by atoms with van der Waals surface area (Å²) in [5.74, 6) is 0.613. The number of thiazole rings is 1. The highest BCUT2D eigenvalue weighted by molar-refractivity contribution is 7.23. The van der Waals surface area contributed by atoms with Gasteiger partial charge in [-0.2, -0.15) is 0 Å². The number of anilines is 1. The maximum Gasteiger partial charge on any atom is 0.233 e. The van der Waals surface area contributed by atoms with Crippen molar-refractivity contribution in [3.8, 4) is 5.75 Å². The number of carbonyl (C=O) groups is 1. The van der Waals surface area contributed by atoms with Crippen LogP contribution in [0.3, 0.4) is 0 Å². The molecule has 1 amide bonds. The molecule has 0 bridgehead atoms. The predicted molar refractivity (Wildman–Crippen MR) is 136 cm³/mol. The van der Waals surface area contributed by atoms with Crippen molar-refractivity contribution in [2.45, 2.75) is 13.0 Å². The monoisotopic (exact) mass is 472 g/mol. The Morgan fingerprint density at radius 1 is 0.939 bits per heavy atom. The molecule has 6 heteroatoms. The molecule has 0 spiro atoms. The van der Waals surface area contributed by atoms with E-state index in [1.807, 2.05) is 48.5 Å². The summed E-state index contributed by atoms with van der Waals surface area (Å²) in [5.41, 5.74) is 2.66. The van der Waals surface area contributed by atoms with Crippen molar-refractivity contribution in [2.24, 2.45) is 0 Å². The molecule has 33 heavy (non-hydrogen) atoms. The normalized spacial score (nSPS) is 11.1. The molecule has 0 unspecified atom stereocenters. The Morgan fingerprint density at radius 3 is 2.48 bits per heavy atom. The van der Waals surface area contributed by atoms with E-state index in [2.05, 4.69) is 24.3 Å². The molecule has 0 aliphatic heterocycles. The van der Waals surface area contributed by atoms with Gasteiger partial charge in [0.05, 0.1) is 29.8 Å². The Labute approximate surface area is 201 Å². The maximum atomic E-state index is 13.6. The van der Waals surface area contributed by atoms with Gasteiger partial charge in [-0.1, -0.05) is 95.7 Å². The van der Waals surface area contributed by atoms with Gasteiger partial charge in [-0.3, -0.25) is 9.69 Å². The minimum Gasteiger partial charge on any atom is -0.494 e. The fourth-order valence-corrected chi connectivity index (χ4v) is 5.14. The van der Waals surface area contributed by atoms with Crippen LogP contribution in [-0.4, -0.2) is 18.0 Å². The van der Waals surface area contributed by atoms with Gasteiger partial charge in [-0.05, 0) is 34.0 Å². The number of rotatable bonds is 6. The fraction of sp³-hybridized carbons (Fsp3) is 0.111. The van der Waals surface area contributed by atoms with Crippen LogP contribution in [0.1, 0.15) is 11.1 Å². The van der Waals surface area contributed by atoms with Gasteiger partial charge in [0.1, 0.15) is 11.3 Å². The Kier molecular flexibility index (Phi) is 5.99. The van der Waals surface area contributed by atoms with Gasteiger partial charge in [0.15, 0.2) is 5.13 Å². The number of hydrogen-bond donors (Lipinski definition) is 0. The molecular formula is C27H21ClN2O2S. The third kappa shape index (κ3) is 4.42. The largest absolute Gasteiger partial charge is 0.494 e. The lowest BCUT2D eigenvalue weighted by molar-refractivity contribution is -0.118. The van der Waals surface area contributed by atoms with Gasteiger partial charge in [-0.25, -0.2) is 4.98 Å². The molecule has 0 aliphatic carbocycles. The van der Waals surface area contributed by atoms with E-state index < -0.39 is 0 Å². The summed E-state index contributed by atoms with van der Waals surface area (Å²) in [6.07, 6.45) is 0.276. The van der Waals surface area contributed by atoms with Crippen molar-refractivity contribution < 1.29 is 9.53 Å². The number of fused-ring (bicyclic) bond motifs is 2. The van der Waals surface area contributed by atoms with E-state index in [1.54, 1.807) is 24.1 Å². The second-order valence-electron chi connectivity index (χ2n) is 7.75. The molecule has 0 saturated carbocycles. The van der Waals surface area contributed by atoms with Crippen molar-refractivity contribution in [3.63, 3.8) is 0 Å². The average molecular weight is 473 g/mol. The zero-order chi connectivity index (χ0) is 22.8. The number of benzene rings is 4. The van der Waals surface area contributed by atoms with Crippen LogP contribution in [0.5, 0.6) is 5.75 Å². The fourth-order valence-electron chi connectivity index (χ4n) is 3.87. The van der Waals surface area contributed by atoms with Gasteiger partial charge in [0.25, 0.3) is 0 Å². The van der Waals surface area contributed by atoms with Gasteiger partial charge in [0, 0.05) is 0 Å². The summed E-state index contributed by atoms with van der Waals surface area (Å²) in [5, 5.41) is 3.47. The minimum absolute atomic E-state index is 0.0247. The number of hydrogen-bond acceptors (Lipinski definition) is 4. The topological polar surface area (TPSA) is 42.4 Å². The molecule has 1 heterocycles. The van der Waals surface area contributed by atoms with E-state index in [9.17, 15) is 4.79 Å². The third-order valence-corrected chi connectivity index (χ3v) is 7.09. The van der Waals surface area contributed by atoms with Crippen molar-refractivity contribution in [1.82, 2.24) is 4.98 Å². The molecule has 0 saturated heterocycles. The summed E-state index contributed by atoms with van der Waals surface area (Å²) in [6.45, 7) is 0.424. The number of ether oxygens (including phenoxy) is 1. The molecule has 1 aromatic heterocycles. The van der Waals surface area contributed by atoms with Crippen LogP contribution in [0.2, 0.25) is 5.02 Å². The second kappa shape index (κ2) is 9.22. The Bertz CT molecular complexity index is 1450. The van der Waals surface area contributed by atoms with E-state index >= 15 is 0 Å². The summed E-state index contributed by atoms with van der Waals surface area (Å²) in [6, 6.07) is 27.8. The smallest absolute Gasteiger partial charge is 0.233 e. The summed E-state index contributed by atoms with van der Waals surface area (Å²) in [7, 11) is 1.61. The lowest BCUT2D eigenvalue weighted by Gasteiger charge is -2.20. The van der Waals surface area contributed by atoms with Gasteiger partial charge in [0.2, 0.25) is 5.91 Å². The van der Waals surface area contributed by atoms with E-state index in [0.29, 0.717) is 28.0 Å². The minimum atomic E-state index is -0.0247. The summed E-state index contributed by atoms with van der Waals surface area (Å²) in [4.78, 5) is 20.1. The van der Waals surface area contributed by atoms with E-state index in [4.69, 9.17) is 21.3 Å². The van der Waals surface area contributed by atoms with Crippen molar-refractivity contribution in [1.29, 1.82) is 0 Å². The third-order valence-electron chi connectivity index (χ3n) is 5.55. The van der Waals surface area contributed by atoms with Crippen molar-refractivity contribution in [3.05, 3.63) is 101 Å². The van der Waals surface area contributed by atoms with Gasteiger partial charge < -0.3 is 4.74 Å². The molecule has 5 rings (SSSR count). The number of halogens is 1. The highest BCUT2D eigenvalue weighted by atomic mass is 35.5. The van der Waals surface area contributed by atoms with Crippen LogP contribution in [-0.2, 0) is 17.8 Å². The van der Waals surface area contributed by atoms with Crippen LogP contribution in [0, 0.1) is 0 Å². The SMILES string of the molecule is COc1ccc(Cl)c2sc(N(Cc3ccccc3)C(=O)Cc3ccc4ccccc4c3)nc12. The number of nitrogens with zero attached hydrogens (tertiary/aromatic N) is 2. The summed E-state index contributed by atoms with van der Waals surface area (Å²) >= 11 is 7.84. The van der Waals surface area contributed by atoms with Crippen molar-refractivity contribution in [2.75, 3.05) is 12.0 Å². The first-order valence-corrected chi connectivity index (χ1v) is 11.8. The lowest BCUT2D eigenvalue weighted by atomic mass is 10.0. The Hall–Kier alpha value is -3.41. The second-order valence-corrected chi connectivity index (χ2v) is 9.13. The number of aromatic nitrogens is 1. The average Bonchev–Trinajstić information content (AvgIpc) is 3.29. The molecule has 0 atom stereocenters. The van der Waals surface area contributed by atoms with Crippen LogP contribution < -0.4 is 9.64 Å². The lowest BCUT2D eigenvalue weighted by Crippen LogP contribution is -2.31. The molecule has 164 valence electrons. The van der Waals surface area contributed by atoms with E-state index in [1.165, 1.54) is 11.3 Å². The highest BCUT2D eigenvalue weighted by Gasteiger charge is 2.22. The molecule has 0 N–H and O–H groups in total. The molecule has 0 aliphatic rings. The molecule has 0 radical (unpaired) electrons. The molecule has 4 nitrogen and oxygen atoms in total. The quantitative estimate of drug-likeness (QED) is 0.270. The molecule has 5 aromatic rings. The van der Waals surface area contributed by atoms with Crippen LogP contribution in [0.15, 0.2) is 84.9 Å². The van der Waals surface area contributed by atoms with E-state index in [-0.39, 0.29) is 12.3 Å². The van der Waals surface area contributed by atoms with Crippen LogP contribution >= 0.6 is 22.9 Å². The Morgan fingerprint density at radius 2 is 1.70 bits per heavy atom. The molecular weight excluding hydrogens is 452 g/mol. The summed E-state index contributed by atoms with van der Waals surface area (Å²) < 4.78 is 6.28. The van der Waals surface area contributed by atoms with Crippen LogP contribution in [0.4, 0.5) is 5.13 Å². The van der Waals surface area contributed by atoms with Crippen LogP contribution in [0.25, 0.3) is 21.0 Å². The predicted octanol–water partition coefficient (Wildman–Crippen LogP) is 6.89. The van der Waals surface area contributed by atoms with Crippen molar-refractivity contribution >= 4 is 55.0 Å². The molecule has 4 aromatic carbocycles. The Balaban J connectivity index is 1.53. The zero-order valence-electron chi connectivity index (χ0n) is 18.0. The zero-order valence-corrected chi connectivity index (χ0v) is 19.6. The highest BCUT2D eigenvalue weighted by Crippen LogP contribution is 2.39. The standard InChI is InChI=1S/C27H21ClN2O2S/c1-32-23-14-13-22(28)26-25(23)29-27(33-26)30(17-18-7-3-2-4-8-18)24(31)16-19-11-12-20-9-5-6-10-21(20)15-19/h2-15H,16-17H2,1H3. The van der Waals surface area contributed by atoms with Gasteiger partial charge in [-0.15, -0.1) is 0 Å². The number of methoxy groups -OCH3 is 1. The van der Waals surface area contributed by atoms with E-state index in [0.717, 1.165) is 26.6 Å². The first-order chi connectivity index (χ1) is 16.1. The number of amides is 1. The number of carbonyl (C=O) groups excluding carboxylic acids is 1. The first kappa shape index (κ1) is 21.4. The molecule has 0 fully saturated rings. The maximum absolute atomic E-state index is 13.6. The van der Waals surface area contributed by atoms with Gasteiger partial charge >= 0.3 is 0 Å².